The normalized spacial score (nSPS) is 13.1. The summed E-state index contributed by atoms with van der Waals surface area (Å²) in [6.45, 7) is 2.09. The van der Waals surface area contributed by atoms with Gasteiger partial charge in [0.2, 0.25) is 5.78 Å². The molecule has 42 heavy (non-hydrogen) atoms. The van der Waals surface area contributed by atoms with E-state index in [1.165, 1.54) is 13.2 Å². The fourth-order valence-electron chi connectivity index (χ4n) is 4.75. The van der Waals surface area contributed by atoms with Gasteiger partial charge in [-0.1, -0.05) is 30.3 Å². The van der Waals surface area contributed by atoms with Crippen LogP contribution in [0.15, 0.2) is 95.1 Å². The maximum absolute atomic E-state index is 13.3. The summed E-state index contributed by atoms with van der Waals surface area (Å²) < 4.78 is 34.0. The largest absolute Gasteiger partial charge is 0.497 e. The monoisotopic (exact) mass is 562 g/mol. The number of allylic oxidation sites excluding steroid dienone is 1. The van der Waals surface area contributed by atoms with E-state index < -0.39 is 5.97 Å². The molecule has 0 radical (unpaired) electrons. The lowest BCUT2D eigenvalue weighted by molar-refractivity contribution is 0.0734. The van der Waals surface area contributed by atoms with Crippen LogP contribution in [0.5, 0.6) is 28.7 Å². The Hall–Kier alpha value is -5.50. The predicted molar refractivity (Wildman–Crippen MR) is 156 cm³/mol. The second-order valence-electron chi connectivity index (χ2n) is 9.56. The number of carbonyl (C=O) groups excluding carboxylic acids is 2. The Labute approximate surface area is 241 Å². The molecule has 0 fully saturated rings. The first kappa shape index (κ1) is 26.7. The lowest BCUT2D eigenvalue weighted by atomic mass is 10.1. The number of aryl methyl sites for hydroxylation is 1. The molecule has 0 bridgehead atoms. The highest BCUT2D eigenvalue weighted by Gasteiger charge is 2.29. The molecule has 5 aromatic rings. The summed E-state index contributed by atoms with van der Waals surface area (Å²) in [7, 11) is 3.10. The van der Waals surface area contributed by atoms with E-state index in [1.54, 1.807) is 68.6 Å². The van der Waals surface area contributed by atoms with Gasteiger partial charge in [0.1, 0.15) is 52.3 Å². The summed E-state index contributed by atoms with van der Waals surface area (Å²) in [5.41, 5.74) is 2.87. The number of benzene rings is 4. The highest BCUT2D eigenvalue weighted by Crippen LogP contribution is 2.37. The number of fused-ring (bicyclic) bond motifs is 2. The first-order chi connectivity index (χ1) is 20.4. The van der Waals surface area contributed by atoms with E-state index in [0.29, 0.717) is 57.3 Å². The molecule has 8 heteroatoms. The van der Waals surface area contributed by atoms with E-state index in [9.17, 15) is 9.59 Å². The third kappa shape index (κ3) is 5.17. The molecule has 1 aromatic heterocycles. The third-order valence-electron chi connectivity index (χ3n) is 6.87. The summed E-state index contributed by atoms with van der Waals surface area (Å²) >= 11 is 0. The Balaban J connectivity index is 1.21. The molecule has 0 atom stereocenters. The second kappa shape index (κ2) is 11.2. The van der Waals surface area contributed by atoms with Crippen molar-refractivity contribution in [2.24, 2.45) is 0 Å². The van der Waals surface area contributed by atoms with E-state index in [2.05, 4.69) is 0 Å². The maximum atomic E-state index is 13.3. The molecule has 0 aliphatic carbocycles. The SMILES string of the molecule is COc1ccc(/C=C2\Oc3cc(OC(=O)c4c(C)oc5ccc(OCc6ccccc6)cc45)ccc3C2=O)c(OC)c1. The van der Waals surface area contributed by atoms with Gasteiger partial charge in [-0.05, 0) is 61.0 Å². The molecule has 0 saturated heterocycles. The minimum absolute atomic E-state index is 0.122. The molecule has 210 valence electrons. The van der Waals surface area contributed by atoms with Gasteiger partial charge in [0.15, 0.2) is 5.76 Å². The maximum Gasteiger partial charge on any atom is 0.347 e. The Kier molecular flexibility index (Phi) is 7.10. The zero-order chi connectivity index (χ0) is 29.2. The van der Waals surface area contributed by atoms with Gasteiger partial charge in [-0.2, -0.15) is 0 Å². The van der Waals surface area contributed by atoms with Crippen molar-refractivity contribution in [3.63, 3.8) is 0 Å². The van der Waals surface area contributed by atoms with Gasteiger partial charge in [0.25, 0.3) is 0 Å². The Morgan fingerprint density at radius 1 is 0.857 bits per heavy atom. The van der Waals surface area contributed by atoms with E-state index in [0.717, 1.165) is 5.56 Å². The van der Waals surface area contributed by atoms with Crippen molar-refractivity contribution in [1.29, 1.82) is 0 Å². The van der Waals surface area contributed by atoms with Gasteiger partial charge < -0.3 is 28.1 Å². The van der Waals surface area contributed by atoms with Crippen LogP contribution < -0.4 is 23.7 Å². The van der Waals surface area contributed by atoms with Crippen LogP contribution in [0.25, 0.3) is 17.0 Å². The highest BCUT2D eigenvalue weighted by atomic mass is 16.5. The number of methoxy groups -OCH3 is 2. The summed E-state index contributed by atoms with van der Waals surface area (Å²) in [6, 6.07) is 25.0. The average Bonchev–Trinajstić information content (AvgIpc) is 3.50. The Bertz CT molecular complexity index is 1850. The molecular weight excluding hydrogens is 536 g/mol. The number of hydrogen-bond donors (Lipinski definition) is 0. The van der Waals surface area contributed by atoms with Gasteiger partial charge in [-0.25, -0.2) is 4.79 Å². The van der Waals surface area contributed by atoms with Gasteiger partial charge in [-0.15, -0.1) is 0 Å². The van der Waals surface area contributed by atoms with Crippen LogP contribution in [0, 0.1) is 6.92 Å². The minimum atomic E-state index is -0.602. The van der Waals surface area contributed by atoms with Crippen molar-refractivity contribution in [3.8, 4) is 28.7 Å². The average molecular weight is 563 g/mol. The van der Waals surface area contributed by atoms with Gasteiger partial charge >= 0.3 is 5.97 Å². The van der Waals surface area contributed by atoms with Crippen LogP contribution in [0.4, 0.5) is 0 Å². The van der Waals surface area contributed by atoms with Crippen LogP contribution in [0.1, 0.15) is 37.6 Å². The standard InChI is InChI=1S/C34H26O8/c1-20-32(27-16-24(12-14-28(27)40-20)39-19-21-7-5-4-6-8-21)34(36)41-25-11-13-26-30(18-25)42-31(33(26)35)15-22-9-10-23(37-2)17-29(22)38-3/h4-18H,19H2,1-3H3/b31-15-. The Morgan fingerprint density at radius 3 is 2.43 bits per heavy atom. The topological polar surface area (TPSA) is 93.4 Å². The lowest BCUT2D eigenvalue weighted by Crippen LogP contribution is -2.09. The number of carbonyl (C=O) groups is 2. The fraction of sp³-hybridized carbons (Fsp3) is 0.118. The zero-order valence-electron chi connectivity index (χ0n) is 23.1. The number of rotatable bonds is 8. The summed E-state index contributed by atoms with van der Waals surface area (Å²) in [5.74, 6) is 1.90. The lowest BCUT2D eigenvalue weighted by Gasteiger charge is -2.08. The molecule has 1 aliphatic heterocycles. The zero-order valence-corrected chi connectivity index (χ0v) is 23.1. The van der Waals surface area contributed by atoms with Crippen molar-refractivity contribution < 1.29 is 37.7 Å². The molecule has 0 spiro atoms. The molecule has 0 N–H and O–H groups in total. The number of Topliss-reactive ketones (excluding diaryl/α,β-unsaturated/α-hetero) is 1. The van der Waals surface area contributed by atoms with Crippen molar-refractivity contribution in [1.82, 2.24) is 0 Å². The van der Waals surface area contributed by atoms with Crippen LogP contribution >= 0.6 is 0 Å². The number of furan rings is 1. The van der Waals surface area contributed by atoms with Crippen LogP contribution in [0.2, 0.25) is 0 Å². The van der Waals surface area contributed by atoms with E-state index in [-0.39, 0.29) is 23.0 Å². The molecule has 0 amide bonds. The molecular formula is C34H26O8. The first-order valence-corrected chi connectivity index (χ1v) is 13.2. The van der Waals surface area contributed by atoms with Crippen LogP contribution in [0.3, 0.4) is 0 Å². The first-order valence-electron chi connectivity index (χ1n) is 13.2. The predicted octanol–water partition coefficient (Wildman–Crippen LogP) is 7.17. The van der Waals surface area contributed by atoms with Crippen LogP contribution in [-0.2, 0) is 6.61 Å². The summed E-state index contributed by atoms with van der Waals surface area (Å²) in [6.07, 6.45) is 1.60. The molecule has 4 aromatic carbocycles. The van der Waals surface area contributed by atoms with Crippen molar-refractivity contribution in [2.45, 2.75) is 13.5 Å². The minimum Gasteiger partial charge on any atom is -0.497 e. The number of hydrogen-bond acceptors (Lipinski definition) is 8. The smallest absolute Gasteiger partial charge is 0.347 e. The van der Waals surface area contributed by atoms with Crippen molar-refractivity contribution in [2.75, 3.05) is 14.2 Å². The number of ketones is 1. The quantitative estimate of drug-likeness (QED) is 0.112. The van der Waals surface area contributed by atoms with Gasteiger partial charge in [0, 0.05) is 23.1 Å². The third-order valence-corrected chi connectivity index (χ3v) is 6.87. The van der Waals surface area contributed by atoms with E-state index >= 15 is 0 Å². The highest BCUT2D eigenvalue weighted by molar-refractivity contribution is 6.14. The molecule has 8 nitrogen and oxygen atoms in total. The van der Waals surface area contributed by atoms with E-state index in [4.69, 9.17) is 28.1 Å². The Morgan fingerprint density at radius 2 is 1.64 bits per heavy atom. The second-order valence-corrected chi connectivity index (χ2v) is 9.56. The van der Waals surface area contributed by atoms with E-state index in [1.807, 2.05) is 30.3 Å². The van der Waals surface area contributed by atoms with Gasteiger partial charge in [-0.3, -0.25) is 4.79 Å². The molecule has 2 heterocycles. The molecule has 0 saturated carbocycles. The summed E-state index contributed by atoms with van der Waals surface area (Å²) in [4.78, 5) is 26.3. The van der Waals surface area contributed by atoms with Crippen LogP contribution in [-0.4, -0.2) is 26.0 Å². The number of esters is 1. The van der Waals surface area contributed by atoms with Crippen molar-refractivity contribution in [3.05, 3.63) is 119 Å². The van der Waals surface area contributed by atoms with Gasteiger partial charge in [0.05, 0.1) is 19.8 Å². The molecule has 0 unspecified atom stereocenters. The number of ether oxygens (including phenoxy) is 5. The molecule has 1 aliphatic rings. The van der Waals surface area contributed by atoms with Crippen molar-refractivity contribution >= 4 is 28.8 Å². The summed E-state index contributed by atoms with van der Waals surface area (Å²) in [5, 5.41) is 0.578. The fourth-order valence-corrected chi connectivity index (χ4v) is 4.75. The molecule has 6 rings (SSSR count).